The second-order valence-corrected chi connectivity index (χ2v) is 7.07. The predicted octanol–water partition coefficient (Wildman–Crippen LogP) is 5.67. The summed E-state index contributed by atoms with van der Waals surface area (Å²) in [4.78, 5) is 20.9. The van der Waals surface area contributed by atoms with Crippen molar-refractivity contribution in [1.82, 2.24) is 9.97 Å². The summed E-state index contributed by atoms with van der Waals surface area (Å²) in [5, 5.41) is 2.87. The molecule has 0 radical (unpaired) electrons. The van der Waals surface area contributed by atoms with E-state index >= 15 is 0 Å². The fraction of sp³-hybridized carbons (Fsp3) is 0.125. The Bertz CT molecular complexity index is 1140. The van der Waals surface area contributed by atoms with E-state index in [-0.39, 0.29) is 5.91 Å². The summed E-state index contributed by atoms with van der Waals surface area (Å²) in [6.45, 7) is 4.31. The first-order valence-electron chi connectivity index (χ1n) is 9.49. The summed E-state index contributed by atoms with van der Waals surface area (Å²) in [6, 6.07) is 19.2. The van der Waals surface area contributed by atoms with Gasteiger partial charge >= 0.3 is 0 Å². The number of carbonyl (C=O) groups is 1. The van der Waals surface area contributed by atoms with Gasteiger partial charge < -0.3 is 9.73 Å². The molecule has 5 nitrogen and oxygen atoms in total. The summed E-state index contributed by atoms with van der Waals surface area (Å²) in [5.41, 5.74) is 4.89. The molecule has 5 heteroatoms. The van der Waals surface area contributed by atoms with Crippen LogP contribution in [0.4, 0.5) is 5.69 Å². The molecular weight excluding hydrogens is 362 g/mol. The normalized spacial score (nSPS) is 11.4. The summed E-state index contributed by atoms with van der Waals surface area (Å²) in [5.74, 6) is 0.755. The highest BCUT2D eigenvalue weighted by atomic mass is 16.3. The van der Waals surface area contributed by atoms with E-state index in [0.29, 0.717) is 28.7 Å². The van der Waals surface area contributed by atoms with Crippen LogP contribution in [0.1, 0.15) is 30.9 Å². The number of hydrogen-bond acceptors (Lipinski definition) is 4. The Labute approximate surface area is 169 Å². The first kappa shape index (κ1) is 18.6. The largest absolute Gasteiger partial charge is 0.434 e. The lowest BCUT2D eigenvalue weighted by molar-refractivity contribution is -0.111. The predicted molar refractivity (Wildman–Crippen MR) is 115 cm³/mol. The second-order valence-electron chi connectivity index (χ2n) is 7.07. The number of carbonyl (C=O) groups excluding carboxylic acids is 1. The monoisotopic (exact) mass is 383 g/mol. The lowest BCUT2D eigenvalue weighted by Crippen LogP contribution is -2.07. The molecule has 0 aliphatic carbocycles. The Morgan fingerprint density at radius 3 is 2.66 bits per heavy atom. The van der Waals surface area contributed by atoms with Crippen LogP contribution in [0.15, 0.2) is 77.4 Å². The third kappa shape index (κ3) is 4.41. The SMILES string of the molecule is CC(C)c1ccc(/C=C/C(=O)Nc2cccc(-c3nc4ncccc4o3)c2)cc1. The number of rotatable bonds is 5. The maximum Gasteiger partial charge on any atom is 0.248 e. The molecular formula is C24H21N3O2. The zero-order valence-corrected chi connectivity index (χ0v) is 16.3. The van der Waals surface area contributed by atoms with Crippen molar-refractivity contribution in [2.75, 3.05) is 5.32 Å². The Morgan fingerprint density at radius 1 is 1.07 bits per heavy atom. The summed E-state index contributed by atoms with van der Waals surface area (Å²) >= 11 is 0. The van der Waals surface area contributed by atoms with Crippen molar-refractivity contribution < 1.29 is 9.21 Å². The Balaban J connectivity index is 1.46. The van der Waals surface area contributed by atoms with Crippen molar-refractivity contribution >= 4 is 28.9 Å². The molecule has 1 amide bonds. The van der Waals surface area contributed by atoms with Crippen molar-refractivity contribution in [3.63, 3.8) is 0 Å². The molecule has 2 heterocycles. The third-order valence-electron chi connectivity index (χ3n) is 4.57. The van der Waals surface area contributed by atoms with Crippen LogP contribution in [0.3, 0.4) is 0 Å². The van der Waals surface area contributed by atoms with Crippen molar-refractivity contribution in [1.29, 1.82) is 0 Å². The van der Waals surface area contributed by atoms with E-state index in [4.69, 9.17) is 4.42 Å². The van der Waals surface area contributed by atoms with Crippen molar-refractivity contribution in [3.8, 4) is 11.5 Å². The Kier molecular flexibility index (Phi) is 5.20. The summed E-state index contributed by atoms with van der Waals surface area (Å²) < 4.78 is 5.75. The molecule has 1 N–H and O–H groups in total. The van der Waals surface area contributed by atoms with Gasteiger partial charge in [0.05, 0.1) is 0 Å². The number of fused-ring (bicyclic) bond motifs is 1. The molecule has 2 aromatic heterocycles. The second kappa shape index (κ2) is 8.10. The van der Waals surface area contributed by atoms with Crippen LogP contribution in [-0.2, 0) is 4.79 Å². The van der Waals surface area contributed by atoms with Crippen molar-refractivity contribution in [2.45, 2.75) is 19.8 Å². The molecule has 0 saturated carbocycles. The molecule has 4 rings (SSSR count). The van der Waals surface area contributed by atoms with Gasteiger partial charge in [0.2, 0.25) is 11.8 Å². The van der Waals surface area contributed by atoms with E-state index in [0.717, 1.165) is 11.1 Å². The standard InChI is InChI=1S/C24H21N3O2/c1-16(2)18-11-8-17(9-12-18)10-13-22(28)26-20-6-3-5-19(15-20)24-27-23-21(29-24)7-4-14-25-23/h3-16H,1-2H3,(H,26,28)/b13-10+. The third-order valence-corrected chi connectivity index (χ3v) is 4.57. The molecule has 0 aliphatic heterocycles. The fourth-order valence-electron chi connectivity index (χ4n) is 2.97. The van der Waals surface area contributed by atoms with Gasteiger partial charge in [0.25, 0.3) is 0 Å². The molecule has 144 valence electrons. The van der Waals surface area contributed by atoms with E-state index < -0.39 is 0 Å². The average Bonchev–Trinajstić information content (AvgIpc) is 3.17. The highest BCUT2D eigenvalue weighted by molar-refractivity contribution is 6.02. The van der Waals surface area contributed by atoms with Gasteiger partial charge in [-0.3, -0.25) is 4.79 Å². The van der Waals surface area contributed by atoms with Crippen molar-refractivity contribution in [3.05, 3.63) is 84.1 Å². The molecule has 0 saturated heterocycles. The number of anilines is 1. The lowest BCUT2D eigenvalue weighted by atomic mass is 10.0. The van der Waals surface area contributed by atoms with E-state index in [9.17, 15) is 4.79 Å². The Hall–Kier alpha value is -3.73. The van der Waals surface area contributed by atoms with Crippen LogP contribution < -0.4 is 5.32 Å². The molecule has 2 aromatic carbocycles. The molecule has 0 unspecified atom stereocenters. The zero-order valence-electron chi connectivity index (χ0n) is 16.3. The molecule has 0 atom stereocenters. The molecule has 0 bridgehead atoms. The van der Waals surface area contributed by atoms with Gasteiger partial charge in [-0.2, -0.15) is 4.98 Å². The zero-order chi connectivity index (χ0) is 20.2. The number of benzene rings is 2. The van der Waals surface area contributed by atoms with Crippen LogP contribution in [0, 0.1) is 0 Å². The highest BCUT2D eigenvalue weighted by Gasteiger charge is 2.09. The minimum absolute atomic E-state index is 0.200. The minimum atomic E-state index is -0.200. The number of nitrogens with one attached hydrogen (secondary N) is 1. The van der Waals surface area contributed by atoms with Crippen molar-refractivity contribution in [2.24, 2.45) is 0 Å². The van der Waals surface area contributed by atoms with Crippen LogP contribution >= 0.6 is 0 Å². The lowest BCUT2D eigenvalue weighted by Gasteiger charge is -2.05. The molecule has 0 spiro atoms. The van der Waals surface area contributed by atoms with Gasteiger partial charge in [-0.1, -0.05) is 44.2 Å². The number of oxazole rings is 1. The molecule has 4 aromatic rings. The molecule has 0 fully saturated rings. The number of hydrogen-bond donors (Lipinski definition) is 1. The van der Waals surface area contributed by atoms with Crippen LogP contribution in [0.5, 0.6) is 0 Å². The van der Waals surface area contributed by atoms with E-state index in [1.165, 1.54) is 11.6 Å². The molecule has 0 aliphatic rings. The maximum absolute atomic E-state index is 12.3. The number of pyridine rings is 1. The number of nitrogens with zero attached hydrogens (tertiary/aromatic N) is 2. The summed E-state index contributed by atoms with van der Waals surface area (Å²) in [7, 11) is 0. The fourth-order valence-corrected chi connectivity index (χ4v) is 2.97. The highest BCUT2D eigenvalue weighted by Crippen LogP contribution is 2.25. The van der Waals surface area contributed by atoms with Crippen LogP contribution in [0.25, 0.3) is 28.8 Å². The van der Waals surface area contributed by atoms with Crippen LogP contribution in [-0.4, -0.2) is 15.9 Å². The number of aromatic nitrogens is 2. The van der Waals surface area contributed by atoms with E-state index in [2.05, 4.69) is 41.3 Å². The quantitative estimate of drug-likeness (QED) is 0.451. The summed E-state index contributed by atoms with van der Waals surface area (Å²) in [6.07, 6.45) is 5.00. The topological polar surface area (TPSA) is 68.0 Å². The van der Waals surface area contributed by atoms with E-state index in [1.54, 1.807) is 18.3 Å². The Morgan fingerprint density at radius 2 is 1.90 bits per heavy atom. The van der Waals surface area contributed by atoms with Crippen LogP contribution in [0.2, 0.25) is 0 Å². The van der Waals surface area contributed by atoms with Gasteiger partial charge in [-0.15, -0.1) is 0 Å². The maximum atomic E-state index is 12.3. The molecule has 29 heavy (non-hydrogen) atoms. The number of amides is 1. The van der Waals surface area contributed by atoms with Gasteiger partial charge in [0.15, 0.2) is 11.2 Å². The van der Waals surface area contributed by atoms with Gasteiger partial charge in [0.1, 0.15) is 0 Å². The minimum Gasteiger partial charge on any atom is -0.434 e. The average molecular weight is 383 g/mol. The van der Waals surface area contributed by atoms with Gasteiger partial charge in [0, 0.05) is 23.5 Å². The van der Waals surface area contributed by atoms with Gasteiger partial charge in [-0.05, 0) is 53.5 Å². The first-order chi connectivity index (χ1) is 14.1. The smallest absolute Gasteiger partial charge is 0.248 e. The van der Waals surface area contributed by atoms with E-state index in [1.807, 2.05) is 42.5 Å². The van der Waals surface area contributed by atoms with Gasteiger partial charge in [-0.25, -0.2) is 4.98 Å². The first-order valence-corrected chi connectivity index (χ1v) is 9.49.